The van der Waals surface area contributed by atoms with E-state index in [4.69, 9.17) is 30.4 Å². The Balaban J connectivity index is 0.764. The SMILES string of the molecule is Cc1ncsc1-c1ccc(CNC(=O)[C@@H]2C[C@@H](O)CN2C(=O)[C@@H](NC(=O)CCOCCOCCOCCOCCNC(=O)CCCC(=O)Nc2cc3cc(-c4cncc(N)c4C)c(F)c(N)c3cn2)C(C)(C)C)cc1. The number of halogens is 1. The van der Waals surface area contributed by atoms with Gasteiger partial charge in [0.15, 0.2) is 5.82 Å². The van der Waals surface area contributed by atoms with Crippen molar-refractivity contribution in [1.29, 1.82) is 0 Å². The molecule has 0 aliphatic carbocycles. The normalized spacial score (nSPS) is 14.9. The van der Waals surface area contributed by atoms with Gasteiger partial charge in [0.2, 0.25) is 29.5 Å². The highest BCUT2D eigenvalue weighted by atomic mass is 32.1. The molecule has 6 rings (SSSR count). The van der Waals surface area contributed by atoms with Crippen LogP contribution >= 0.6 is 11.3 Å². The van der Waals surface area contributed by atoms with Crippen LogP contribution in [0.15, 0.2) is 60.5 Å². The lowest BCUT2D eigenvalue weighted by Crippen LogP contribution is -2.57. The number of thiazole rings is 1. The number of nitrogens with one attached hydrogen (secondary N) is 4. The van der Waals surface area contributed by atoms with Gasteiger partial charge in [-0.1, -0.05) is 45.0 Å². The fourth-order valence-corrected chi connectivity index (χ4v) is 9.09. The molecule has 20 nitrogen and oxygen atoms in total. The Bertz CT molecular complexity index is 2760. The Labute approximate surface area is 439 Å². The molecule has 9 N–H and O–H groups in total. The molecule has 3 aromatic heterocycles. The van der Waals surface area contributed by atoms with Gasteiger partial charge in [-0.25, -0.2) is 14.4 Å². The van der Waals surface area contributed by atoms with Gasteiger partial charge in [-0.3, -0.25) is 29.0 Å². The third-order valence-electron chi connectivity index (χ3n) is 12.5. The summed E-state index contributed by atoms with van der Waals surface area (Å²) in [6, 6.07) is 9.21. The second kappa shape index (κ2) is 27.7. The number of pyridine rings is 2. The van der Waals surface area contributed by atoms with E-state index in [2.05, 4.69) is 36.2 Å². The van der Waals surface area contributed by atoms with Gasteiger partial charge in [-0.05, 0) is 59.9 Å². The number of carbonyl (C=O) groups is 5. The number of aryl methyl sites for hydroxylation is 1. The van der Waals surface area contributed by atoms with E-state index in [0.29, 0.717) is 67.0 Å². The predicted molar refractivity (Wildman–Crippen MR) is 284 cm³/mol. The highest BCUT2D eigenvalue weighted by Crippen LogP contribution is 2.36. The number of hydrogen-bond donors (Lipinski definition) is 7. The highest BCUT2D eigenvalue weighted by molar-refractivity contribution is 7.13. The summed E-state index contributed by atoms with van der Waals surface area (Å²) in [7, 11) is 0. The van der Waals surface area contributed by atoms with Crippen molar-refractivity contribution in [3.8, 4) is 21.6 Å². The van der Waals surface area contributed by atoms with Gasteiger partial charge in [0, 0.05) is 74.2 Å². The van der Waals surface area contributed by atoms with E-state index >= 15 is 4.39 Å². The number of ether oxygens (including phenoxy) is 4. The molecule has 1 aliphatic heterocycles. The third-order valence-corrected chi connectivity index (χ3v) is 13.5. The van der Waals surface area contributed by atoms with Gasteiger partial charge in [0.05, 0.1) is 92.6 Å². The van der Waals surface area contributed by atoms with Crippen LogP contribution in [0.2, 0.25) is 0 Å². The molecule has 0 saturated carbocycles. The number of nitrogens with zero attached hydrogens (tertiary/aromatic N) is 4. The lowest BCUT2D eigenvalue weighted by atomic mass is 9.85. The first-order valence-corrected chi connectivity index (χ1v) is 25.8. The quantitative estimate of drug-likeness (QED) is 0.0274. The molecular weight excluding hydrogens is 988 g/mol. The molecule has 22 heteroatoms. The molecule has 0 unspecified atom stereocenters. The zero-order valence-corrected chi connectivity index (χ0v) is 44.0. The van der Waals surface area contributed by atoms with E-state index in [9.17, 15) is 29.1 Å². The number of carbonyl (C=O) groups excluding carboxylic acids is 5. The van der Waals surface area contributed by atoms with Crippen LogP contribution in [0.4, 0.5) is 21.6 Å². The van der Waals surface area contributed by atoms with Crippen molar-refractivity contribution in [3.05, 3.63) is 83.1 Å². The number of hydrogen-bond acceptors (Lipinski definition) is 16. The van der Waals surface area contributed by atoms with E-state index in [-0.39, 0.29) is 106 Å². The first-order valence-electron chi connectivity index (χ1n) is 24.9. The van der Waals surface area contributed by atoms with Crippen molar-refractivity contribution < 1.29 is 52.4 Å². The summed E-state index contributed by atoms with van der Waals surface area (Å²) in [6.07, 6.45) is 4.15. The van der Waals surface area contributed by atoms with E-state index < -0.39 is 35.3 Å². The monoisotopic (exact) mass is 1060 g/mol. The zero-order chi connectivity index (χ0) is 54.1. The molecule has 1 saturated heterocycles. The fourth-order valence-electron chi connectivity index (χ4n) is 8.28. The minimum Gasteiger partial charge on any atom is -0.397 e. The van der Waals surface area contributed by atoms with Gasteiger partial charge < -0.3 is 61.7 Å². The maximum Gasteiger partial charge on any atom is 0.246 e. The van der Waals surface area contributed by atoms with Gasteiger partial charge in [0.1, 0.15) is 17.9 Å². The Morgan fingerprint density at radius 2 is 1.49 bits per heavy atom. The Morgan fingerprint density at radius 1 is 0.827 bits per heavy atom. The largest absolute Gasteiger partial charge is 0.397 e. The number of likely N-dealkylation sites (tertiary alicyclic amines) is 1. The molecule has 404 valence electrons. The third kappa shape index (κ3) is 16.7. The number of aliphatic hydroxyl groups is 1. The summed E-state index contributed by atoms with van der Waals surface area (Å²) in [6.45, 7) is 11.9. The van der Waals surface area contributed by atoms with Crippen LogP contribution in [0.1, 0.15) is 69.7 Å². The maximum absolute atomic E-state index is 15.3. The molecule has 75 heavy (non-hydrogen) atoms. The standard InChI is InChI=1S/C53H69FN10O10S/c1-32-39(27-57-29-41(32)55)38-23-36-24-43(59-28-40(36)48(56)47(38)54)62-45(67)8-6-7-44(66)58-14-16-72-18-20-74-22-21-73-19-17-71-15-13-46(68)63-50(53(3,4)5)52(70)64-30-37(65)25-42(64)51(69)60-26-34-9-11-35(12-10-34)49-33(2)61-31-75-49/h9-12,23-24,27-29,31,37,42,50,65H,6-8,13-22,25-26,30,55-56H2,1-5H3,(H,58,66)(H,60,69)(H,63,68)(H,59,62,67)/t37-,42+,50-/m1/s1. The summed E-state index contributed by atoms with van der Waals surface area (Å²) in [5, 5.41) is 22.7. The molecule has 1 fully saturated rings. The molecule has 0 spiro atoms. The number of fused-ring (bicyclic) bond motifs is 1. The average molecular weight is 1060 g/mol. The number of amides is 5. The van der Waals surface area contributed by atoms with Crippen LogP contribution in [0.5, 0.6) is 0 Å². The van der Waals surface area contributed by atoms with Crippen molar-refractivity contribution in [1.82, 2.24) is 35.8 Å². The van der Waals surface area contributed by atoms with Gasteiger partial charge >= 0.3 is 0 Å². The summed E-state index contributed by atoms with van der Waals surface area (Å²) < 4.78 is 37.4. The first-order chi connectivity index (χ1) is 35.9. The molecular formula is C53H69FN10O10S. The number of nitrogen functional groups attached to an aromatic ring is 2. The Kier molecular flexibility index (Phi) is 21.3. The van der Waals surface area contributed by atoms with E-state index in [1.807, 2.05) is 52.0 Å². The second-order valence-corrected chi connectivity index (χ2v) is 20.1. The predicted octanol–water partition coefficient (Wildman–Crippen LogP) is 4.83. The minimum absolute atomic E-state index is 0.00127. The lowest BCUT2D eigenvalue weighted by Gasteiger charge is -2.35. The van der Waals surface area contributed by atoms with Gasteiger partial charge in [-0.2, -0.15) is 0 Å². The summed E-state index contributed by atoms with van der Waals surface area (Å²) in [5.41, 5.74) is 17.8. The van der Waals surface area contributed by atoms with E-state index in [1.165, 1.54) is 23.5 Å². The highest BCUT2D eigenvalue weighted by Gasteiger charge is 2.44. The topological polar surface area (TPSA) is 285 Å². The van der Waals surface area contributed by atoms with E-state index in [1.54, 1.807) is 35.9 Å². The van der Waals surface area contributed by atoms with Crippen LogP contribution in [-0.2, 0) is 49.5 Å². The summed E-state index contributed by atoms with van der Waals surface area (Å²) >= 11 is 1.56. The molecule has 3 atom stereocenters. The number of benzene rings is 2. The number of aromatic nitrogens is 3. The van der Waals surface area contributed by atoms with Crippen LogP contribution < -0.4 is 32.7 Å². The minimum atomic E-state index is -0.949. The number of rotatable bonds is 27. The smallest absolute Gasteiger partial charge is 0.246 e. The van der Waals surface area contributed by atoms with Gasteiger partial charge in [0.25, 0.3) is 0 Å². The zero-order valence-electron chi connectivity index (χ0n) is 43.2. The van der Waals surface area contributed by atoms with Crippen LogP contribution in [0.25, 0.3) is 32.3 Å². The molecule has 0 radical (unpaired) electrons. The van der Waals surface area contributed by atoms with Crippen molar-refractivity contribution >= 4 is 68.8 Å². The Hall–Kier alpha value is -6.69. The Morgan fingerprint density at radius 3 is 2.16 bits per heavy atom. The van der Waals surface area contributed by atoms with Crippen molar-refractivity contribution in [2.45, 2.75) is 91.5 Å². The molecule has 4 heterocycles. The average Bonchev–Trinajstić information content (AvgIpc) is 4.00. The number of aliphatic hydroxyl groups excluding tert-OH is 1. The molecule has 5 aromatic rings. The molecule has 2 aromatic carbocycles. The molecule has 1 aliphatic rings. The number of nitrogens with two attached hydrogens (primary N) is 2. The van der Waals surface area contributed by atoms with Crippen molar-refractivity contribution in [2.24, 2.45) is 5.41 Å². The van der Waals surface area contributed by atoms with E-state index in [0.717, 1.165) is 21.7 Å². The lowest BCUT2D eigenvalue weighted by molar-refractivity contribution is -0.144. The van der Waals surface area contributed by atoms with Crippen LogP contribution in [0.3, 0.4) is 0 Å². The molecule has 5 amide bonds. The van der Waals surface area contributed by atoms with Crippen LogP contribution in [0, 0.1) is 25.1 Å². The number of anilines is 3. The van der Waals surface area contributed by atoms with Crippen molar-refractivity contribution in [2.75, 3.05) is 82.7 Å². The van der Waals surface area contributed by atoms with Gasteiger partial charge in [-0.15, -0.1) is 11.3 Å². The molecule has 0 bridgehead atoms. The fraction of sp³-hybridized carbons (Fsp3) is 0.472. The van der Waals surface area contributed by atoms with Crippen LogP contribution in [-0.4, -0.2) is 139 Å². The summed E-state index contributed by atoms with van der Waals surface area (Å²) in [4.78, 5) is 80.4. The van der Waals surface area contributed by atoms with Crippen molar-refractivity contribution in [3.63, 3.8) is 0 Å². The summed E-state index contributed by atoms with van der Waals surface area (Å²) in [5.74, 6) is -2.11. The maximum atomic E-state index is 15.3. The number of β-amino-alcohol motifs (C(OH)–C–C–N with tert-alkyl or cyclic N) is 1. The first kappa shape index (κ1) is 57.6. The second-order valence-electron chi connectivity index (χ2n) is 19.2.